The van der Waals surface area contributed by atoms with Gasteiger partial charge in [-0.3, -0.25) is 9.59 Å². The van der Waals surface area contributed by atoms with Gasteiger partial charge in [0, 0.05) is 5.56 Å². The molecule has 2 rings (SSSR count). The predicted octanol–water partition coefficient (Wildman–Crippen LogP) is 1.44. The van der Waals surface area contributed by atoms with Gasteiger partial charge in [-0.05, 0) is 31.2 Å². The monoisotopic (exact) mass is 264 g/mol. The SMILES string of the molecule is COc1ccc(C(=O)N=C2NC(=O)C(C)S2)cc1. The summed E-state index contributed by atoms with van der Waals surface area (Å²) < 4.78 is 5.00. The number of benzene rings is 1. The van der Waals surface area contributed by atoms with E-state index in [0.29, 0.717) is 16.5 Å². The third-order valence-corrected chi connectivity index (χ3v) is 3.41. The van der Waals surface area contributed by atoms with E-state index in [0.717, 1.165) is 0 Å². The van der Waals surface area contributed by atoms with Gasteiger partial charge in [0.05, 0.1) is 12.4 Å². The van der Waals surface area contributed by atoms with Gasteiger partial charge in [0.25, 0.3) is 5.91 Å². The summed E-state index contributed by atoms with van der Waals surface area (Å²) in [5.74, 6) is 0.173. The van der Waals surface area contributed by atoms with Crippen LogP contribution in [-0.4, -0.2) is 29.3 Å². The minimum Gasteiger partial charge on any atom is -0.497 e. The minimum absolute atomic E-state index is 0.124. The molecule has 1 aromatic rings. The number of aliphatic imine (C=N–C) groups is 1. The number of ether oxygens (including phenoxy) is 1. The zero-order valence-electron chi connectivity index (χ0n) is 9.97. The number of carbonyl (C=O) groups is 2. The number of carbonyl (C=O) groups excluding carboxylic acids is 2. The quantitative estimate of drug-likeness (QED) is 0.877. The molecule has 1 aliphatic rings. The van der Waals surface area contributed by atoms with Gasteiger partial charge in [0.15, 0.2) is 5.17 Å². The Kier molecular flexibility index (Phi) is 3.66. The molecule has 0 aliphatic carbocycles. The first kappa shape index (κ1) is 12.6. The Morgan fingerprint density at radius 1 is 1.39 bits per heavy atom. The lowest BCUT2D eigenvalue weighted by Gasteiger charge is -2.00. The van der Waals surface area contributed by atoms with E-state index in [2.05, 4.69) is 10.3 Å². The van der Waals surface area contributed by atoms with Gasteiger partial charge in [-0.25, -0.2) is 0 Å². The fourth-order valence-corrected chi connectivity index (χ4v) is 2.20. The highest BCUT2D eigenvalue weighted by Crippen LogP contribution is 2.19. The van der Waals surface area contributed by atoms with Crippen molar-refractivity contribution in [1.82, 2.24) is 5.32 Å². The second kappa shape index (κ2) is 5.22. The Morgan fingerprint density at radius 2 is 2.06 bits per heavy atom. The number of rotatable bonds is 2. The van der Waals surface area contributed by atoms with Gasteiger partial charge in [0.2, 0.25) is 5.91 Å². The van der Waals surface area contributed by atoms with Crippen molar-refractivity contribution in [2.75, 3.05) is 7.11 Å². The van der Waals surface area contributed by atoms with Crippen molar-refractivity contribution in [2.45, 2.75) is 12.2 Å². The summed E-state index contributed by atoms with van der Waals surface area (Å²) in [6.45, 7) is 1.76. The summed E-state index contributed by atoms with van der Waals surface area (Å²) in [5.41, 5.74) is 0.456. The van der Waals surface area contributed by atoms with Crippen LogP contribution in [0.3, 0.4) is 0 Å². The van der Waals surface area contributed by atoms with Crippen LogP contribution in [0, 0.1) is 0 Å². The molecule has 1 N–H and O–H groups in total. The van der Waals surface area contributed by atoms with Crippen LogP contribution in [-0.2, 0) is 4.79 Å². The third kappa shape index (κ3) is 2.70. The molecular formula is C12H12N2O3S. The lowest BCUT2D eigenvalue weighted by Crippen LogP contribution is -2.23. The van der Waals surface area contributed by atoms with E-state index >= 15 is 0 Å². The van der Waals surface area contributed by atoms with E-state index in [-0.39, 0.29) is 17.1 Å². The van der Waals surface area contributed by atoms with Gasteiger partial charge in [0.1, 0.15) is 5.75 Å². The smallest absolute Gasteiger partial charge is 0.279 e. The van der Waals surface area contributed by atoms with Crippen molar-refractivity contribution < 1.29 is 14.3 Å². The second-order valence-corrected chi connectivity index (χ2v) is 5.03. The molecule has 0 saturated carbocycles. The molecule has 2 amide bonds. The molecule has 5 nitrogen and oxygen atoms in total. The number of hydrogen-bond donors (Lipinski definition) is 1. The largest absolute Gasteiger partial charge is 0.497 e. The summed E-state index contributed by atoms with van der Waals surface area (Å²) in [7, 11) is 1.56. The van der Waals surface area contributed by atoms with Gasteiger partial charge < -0.3 is 10.1 Å². The summed E-state index contributed by atoms with van der Waals surface area (Å²) in [4.78, 5) is 26.9. The highest BCUT2D eigenvalue weighted by atomic mass is 32.2. The first-order valence-electron chi connectivity index (χ1n) is 5.35. The maximum atomic E-state index is 11.8. The maximum Gasteiger partial charge on any atom is 0.279 e. The number of amidine groups is 1. The Balaban J connectivity index is 2.12. The predicted molar refractivity (Wildman–Crippen MR) is 70.0 cm³/mol. The van der Waals surface area contributed by atoms with Gasteiger partial charge in [-0.15, -0.1) is 0 Å². The van der Waals surface area contributed by atoms with Crippen molar-refractivity contribution in [1.29, 1.82) is 0 Å². The average Bonchev–Trinajstić information content (AvgIpc) is 2.68. The molecule has 1 fully saturated rings. The molecule has 1 saturated heterocycles. The van der Waals surface area contributed by atoms with Crippen molar-refractivity contribution >= 4 is 28.7 Å². The molecule has 1 unspecified atom stereocenters. The van der Waals surface area contributed by atoms with Crippen LogP contribution >= 0.6 is 11.8 Å². The number of hydrogen-bond acceptors (Lipinski definition) is 4. The number of methoxy groups -OCH3 is 1. The van der Waals surface area contributed by atoms with Crippen LogP contribution in [0.5, 0.6) is 5.75 Å². The average molecular weight is 264 g/mol. The topological polar surface area (TPSA) is 67.8 Å². The normalized spacial score (nSPS) is 20.9. The lowest BCUT2D eigenvalue weighted by atomic mass is 10.2. The third-order valence-electron chi connectivity index (χ3n) is 2.43. The van der Waals surface area contributed by atoms with Crippen LogP contribution in [0.2, 0.25) is 0 Å². The Labute approximate surface area is 109 Å². The molecule has 0 aromatic heterocycles. The number of amides is 2. The molecule has 1 aromatic carbocycles. The van der Waals surface area contributed by atoms with Crippen molar-refractivity contribution in [2.24, 2.45) is 4.99 Å². The zero-order valence-corrected chi connectivity index (χ0v) is 10.8. The van der Waals surface area contributed by atoms with E-state index in [4.69, 9.17) is 4.74 Å². The van der Waals surface area contributed by atoms with E-state index in [9.17, 15) is 9.59 Å². The van der Waals surface area contributed by atoms with Crippen molar-refractivity contribution in [3.8, 4) is 5.75 Å². The summed E-state index contributed by atoms with van der Waals surface area (Å²) in [6.07, 6.45) is 0. The fraction of sp³-hybridized carbons (Fsp3) is 0.250. The van der Waals surface area contributed by atoms with Gasteiger partial charge in [-0.1, -0.05) is 11.8 Å². The molecule has 94 valence electrons. The van der Waals surface area contributed by atoms with Crippen LogP contribution in [0.1, 0.15) is 17.3 Å². The molecular weight excluding hydrogens is 252 g/mol. The highest BCUT2D eigenvalue weighted by molar-refractivity contribution is 8.15. The number of thioether (sulfide) groups is 1. The lowest BCUT2D eigenvalue weighted by molar-refractivity contribution is -0.118. The fourth-order valence-electron chi connectivity index (χ4n) is 1.40. The van der Waals surface area contributed by atoms with Crippen molar-refractivity contribution in [3.63, 3.8) is 0 Å². The summed E-state index contributed by atoms with van der Waals surface area (Å²) >= 11 is 1.25. The minimum atomic E-state index is -0.380. The summed E-state index contributed by atoms with van der Waals surface area (Å²) in [6, 6.07) is 6.65. The molecule has 0 radical (unpaired) electrons. The molecule has 1 aliphatic heterocycles. The molecule has 6 heteroatoms. The maximum absolute atomic E-state index is 11.8. The second-order valence-electron chi connectivity index (χ2n) is 3.70. The Hall–Kier alpha value is -1.82. The van der Waals surface area contributed by atoms with Crippen LogP contribution in [0.25, 0.3) is 0 Å². The molecule has 0 bridgehead atoms. The molecule has 18 heavy (non-hydrogen) atoms. The molecule has 1 heterocycles. The van der Waals surface area contributed by atoms with E-state index < -0.39 is 0 Å². The van der Waals surface area contributed by atoms with Crippen LogP contribution in [0.15, 0.2) is 29.3 Å². The number of nitrogens with zero attached hydrogens (tertiary/aromatic N) is 1. The Bertz CT molecular complexity index is 511. The van der Waals surface area contributed by atoms with Gasteiger partial charge >= 0.3 is 0 Å². The molecule has 1 atom stereocenters. The summed E-state index contributed by atoms with van der Waals surface area (Å²) in [5, 5.41) is 2.71. The standard InChI is InChI=1S/C12H12N2O3S/c1-7-10(15)13-12(18-7)14-11(16)8-3-5-9(17-2)6-4-8/h3-7H,1-2H3,(H,13,14,15,16). The van der Waals surface area contributed by atoms with Gasteiger partial charge in [-0.2, -0.15) is 4.99 Å². The first-order chi connectivity index (χ1) is 8.60. The number of nitrogens with one attached hydrogen (secondary N) is 1. The van der Waals surface area contributed by atoms with E-state index in [1.54, 1.807) is 38.3 Å². The van der Waals surface area contributed by atoms with Crippen LogP contribution in [0.4, 0.5) is 0 Å². The van der Waals surface area contributed by atoms with Crippen LogP contribution < -0.4 is 10.1 Å². The van der Waals surface area contributed by atoms with E-state index in [1.165, 1.54) is 11.8 Å². The molecule has 0 spiro atoms. The highest BCUT2D eigenvalue weighted by Gasteiger charge is 2.26. The first-order valence-corrected chi connectivity index (χ1v) is 6.22. The van der Waals surface area contributed by atoms with Crippen molar-refractivity contribution in [3.05, 3.63) is 29.8 Å². The zero-order chi connectivity index (χ0) is 13.1. The Morgan fingerprint density at radius 3 is 2.56 bits per heavy atom. The van der Waals surface area contributed by atoms with E-state index in [1.807, 2.05) is 0 Å².